The van der Waals surface area contributed by atoms with Crippen LogP contribution in [0, 0.1) is 5.82 Å². The van der Waals surface area contributed by atoms with Gasteiger partial charge in [0, 0.05) is 23.5 Å². The highest BCUT2D eigenvalue weighted by Crippen LogP contribution is 2.23. The zero-order valence-electron chi connectivity index (χ0n) is 9.30. The second kappa shape index (κ2) is 5.60. The van der Waals surface area contributed by atoms with Crippen molar-refractivity contribution in [1.82, 2.24) is 5.32 Å². The summed E-state index contributed by atoms with van der Waals surface area (Å²) in [6.45, 7) is 0.670. The molecule has 1 aromatic carbocycles. The molecular formula is C12H14BrFN2O. The van der Waals surface area contributed by atoms with Gasteiger partial charge in [-0.3, -0.25) is 4.79 Å². The highest BCUT2D eigenvalue weighted by molar-refractivity contribution is 9.10. The third kappa shape index (κ3) is 4.09. The number of rotatable bonds is 5. The zero-order chi connectivity index (χ0) is 12.3. The number of hydrogen-bond donors (Lipinski definition) is 2. The van der Waals surface area contributed by atoms with Crippen molar-refractivity contribution in [3.8, 4) is 0 Å². The Morgan fingerprint density at radius 2 is 2.24 bits per heavy atom. The molecule has 1 amide bonds. The van der Waals surface area contributed by atoms with Crippen LogP contribution < -0.4 is 10.6 Å². The fourth-order valence-electron chi connectivity index (χ4n) is 1.48. The molecule has 0 aromatic heterocycles. The first-order valence-corrected chi connectivity index (χ1v) is 6.43. The summed E-state index contributed by atoms with van der Waals surface area (Å²) in [5, 5.41) is 5.93. The molecule has 2 N–H and O–H groups in total. The average molecular weight is 301 g/mol. The van der Waals surface area contributed by atoms with Crippen molar-refractivity contribution < 1.29 is 9.18 Å². The number of anilines is 1. The minimum Gasteiger partial charge on any atom is -0.325 e. The van der Waals surface area contributed by atoms with Crippen molar-refractivity contribution >= 4 is 27.5 Å². The summed E-state index contributed by atoms with van der Waals surface area (Å²) in [4.78, 5) is 11.6. The molecule has 0 atom stereocenters. The van der Waals surface area contributed by atoms with Crippen molar-refractivity contribution in [3.05, 3.63) is 28.5 Å². The minimum absolute atomic E-state index is 0.107. The fraction of sp³-hybridized carbons (Fsp3) is 0.417. The molecule has 0 bridgehead atoms. The average Bonchev–Trinajstić information content (AvgIpc) is 3.07. The Labute approximate surface area is 108 Å². The molecule has 0 spiro atoms. The van der Waals surface area contributed by atoms with Crippen molar-refractivity contribution in [1.29, 1.82) is 0 Å². The molecule has 3 nitrogen and oxygen atoms in total. The van der Waals surface area contributed by atoms with Gasteiger partial charge in [-0.15, -0.1) is 0 Å². The van der Waals surface area contributed by atoms with E-state index in [0.717, 1.165) is 0 Å². The third-order valence-electron chi connectivity index (χ3n) is 2.56. The van der Waals surface area contributed by atoms with Crippen LogP contribution in [0.1, 0.15) is 19.3 Å². The lowest BCUT2D eigenvalue weighted by atomic mass is 10.3. The number of carbonyl (C=O) groups excluding carboxylic acids is 1. The molecule has 0 aliphatic heterocycles. The van der Waals surface area contributed by atoms with E-state index in [-0.39, 0.29) is 11.7 Å². The molecule has 17 heavy (non-hydrogen) atoms. The van der Waals surface area contributed by atoms with Crippen molar-refractivity contribution in [2.45, 2.75) is 25.3 Å². The molecule has 1 fully saturated rings. The number of nitrogens with one attached hydrogen (secondary N) is 2. The molecule has 1 saturated carbocycles. The van der Waals surface area contributed by atoms with Crippen LogP contribution >= 0.6 is 15.9 Å². The normalized spacial score (nSPS) is 14.7. The van der Waals surface area contributed by atoms with Crippen LogP contribution in [-0.2, 0) is 4.79 Å². The summed E-state index contributed by atoms with van der Waals surface area (Å²) in [5.41, 5.74) is 0.474. The summed E-state index contributed by atoms with van der Waals surface area (Å²) in [6.07, 6.45) is 2.81. The molecule has 2 rings (SSSR count). The van der Waals surface area contributed by atoms with E-state index in [4.69, 9.17) is 0 Å². The number of amides is 1. The topological polar surface area (TPSA) is 41.1 Å². The zero-order valence-corrected chi connectivity index (χ0v) is 10.9. The lowest BCUT2D eigenvalue weighted by Crippen LogP contribution is -2.23. The largest absolute Gasteiger partial charge is 0.325 e. The molecule has 1 aromatic rings. The highest BCUT2D eigenvalue weighted by atomic mass is 79.9. The molecule has 5 heteroatoms. The lowest BCUT2D eigenvalue weighted by Gasteiger charge is -2.07. The first-order valence-electron chi connectivity index (χ1n) is 5.63. The standard InChI is InChI=1S/C12H14BrFN2O/c13-10-4-1-8(14)7-11(10)16-12(17)5-6-15-9-2-3-9/h1,4,7,9,15H,2-3,5-6H2,(H,16,17). The number of benzene rings is 1. The summed E-state index contributed by atoms with van der Waals surface area (Å²) >= 11 is 3.26. The molecular weight excluding hydrogens is 287 g/mol. The maximum absolute atomic E-state index is 13.0. The van der Waals surface area contributed by atoms with Gasteiger partial charge in [-0.2, -0.15) is 0 Å². The summed E-state index contributed by atoms with van der Waals surface area (Å²) < 4.78 is 13.7. The van der Waals surface area contributed by atoms with Gasteiger partial charge in [0.1, 0.15) is 5.82 Å². The number of carbonyl (C=O) groups is 1. The van der Waals surface area contributed by atoms with Crippen LogP contribution in [0.3, 0.4) is 0 Å². The van der Waals surface area contributed by atoms with Crippen molar-refractivity contribution in [3.63, 3.8) is 0 Å². The molecule has 1 aliphatic carbocycles. The Morgan fingerprint density at radius 3 is 2.94 bits per heavy atom. The van der Waals surface area contributed by atoms with Crippen molar-refractivity contribution in [2.75, 3.05) is 11.9 Å². The van der Waals surface area contributed by atoms with Crippen LogP contribution in [-0.4, -0.2) is 18.5 Å². The number of hydrogen-bond acceptors (Lipinski definition) is 2. The van der Waals surface area contributed by atoms with Gasteiger partial charge in [0.05, 0.1) is 5.69 Å². The van der Waals surface area contributed by atoms with Gasteiger partial charge in [0.2, 0.25) is 5.91 Å². The number of halogens is 2. The van der Waals surface area contributed by atoms with Gasteiger partial charge in [0.25, 0.3) is 0 Å². The first-order chi connectivity index (χ1) is 8.15. The predicted molar refractivity (Wildman–Crippen MR) is 68.4 cm³/mol. The molecule has 0 heterocycles. The second-order valence-corrected chi connectivity index (χ2v) is 5.01. The van der Waals surface area contributed by atoms with Gasteiger partial charge in [0.15, 0.2) is 0 Å². The summed E-state index contributed by atoms with van der Waals surface area (Å²) in [7, 11) is 0. The van der Waals surface area contributed by atoms with Crippen LogP contribution in [0.25, 0.3) is 0 Å². The summed E-state index contributed by atoms with van der Waals surface area (Å²) in [6, 6.07) is 4.82. The van der Waals surface area contributed by atoms with Gasteiger partial charge in [-0.1, -0.05) is 0 Å². The predicted octanol–water partition coefficient (Wildman–Crippen LogP) is 2.67. The van der Waals surface area contributed by atoms with Gasteiger partial charge in [-0.05, 0) is 47.0 Å². The SMILES string of the molecule is O=C(CCNC1CC1)Nc1cc(F)ccc1Br. The van der Waals surface area contributed by atoms with Crippen LogP contribution in [0.4, 0.5) is 10.1 Å². The second-order valence-electron chi connectivity index (χ2n) is 4.15. The van der Waals surface area contributed by atoms with E-state index < -0.39 is 0 Å². The monoisotopic (exact) mass is 300 g/mol. The maximum Gasteiger partial charge on any atom is 0.225 e. The Balaban J connectivity index is 1.81. The van der Waals surface area contributed by atoms with Crippen LogP contribution in [0.15, 0.2) is 22.7 Å². The van der Waals surface area contributed by atoms with E-state index >= 15 is 0 Å². The van der Waals surface area contributed by atoms with Gasteiger partial charge in [-0.25, -0.2) is 4.39 Å². The molecule has 0 radical (unpaired) electrons. The fourth-order valence-corrected chi connectivity index (χ4v) is 1.83. The van der Waals surface area contributed by atoms with Gasteiger partial charge >= 0.3 is 0 Å². The third-order valence-corrected chi connectivity index (χ3v) is 3.26. The van der Waals surface area contributed by atoms with E-state index in [2.05, 4.69) is 26.6 Å². The molecule has 1 aliphatic rings. The Hall–Kier alpha value is -0.940. The Kier molecular flexibility index (Phi) is 4.12. The van der Waals surface area contributed by atoms with Gasteiger partial charge < -0.3 is 10.6 Å². The highest BCUT2D eigenvalue weighted by Gasteiger charge is 2.20. The lowest BCUT2D eigenvalue weighted by molar-refractivity contribution is -0.116. The summed E-state index contributed by atoms with van der Waals surface area (Å²) in [5.74, 6) is -0.468. The maximum atomic E-state index is 13.0. The Morgan fingerprint density at radius 1 is 1.47 bits per heavy atom. The van der Waals surface area contributed by atoms with E-state index in [1.807, 2.05) is 0 Å². The smallest absolute Gasteiger partial charge is 0.225 e. The van der Waals surface area contributed by atoms with Crippen LogP contribution in [0.2, 0.25) is 0 Å². The van der Waals surface area contributed by atoms with E-state index in [1.165, 1.54) is 25.0 Å². The van der Waals surface area contributed by atoms with E-state index in [9.17, 15) is 9.18 Å². The molecule has 0 unspecified atom stereocenters. The van der Waals surface area contributed by atoms with E-state index in [1.54, 1.807) is 6.07 Å². The van der Waals surface area contributed by atoms with Crippen molar-refractivity contribution in [2.24, 2.45) is 0 Å². The first kappa shape index (κ1) is 12.5. The molecule has 0 saturated heterocycles. The molecule has 92 valence electrons. The Bertz CT molecular complexity index is 421. The van der Waals surface area contributed by atoms with Crippen LogP contribution in [0.5, 0.6) is 0 Å². The van der Waals surface area contributed by atoms with E-state index in [0.29, 0.717) is 29.2 Å². The quantitative estimate of drug-likeness (QED) is 0.878. The minimum atomic E-state index is -0.361.